The van der Waals surface area contributed by atoms with Crippen molar-refractivity contribution in [1.29, 1.82) is 0 Å². The van der Waals surface area contributed by atoms with E-state index in [0.717, 1.165) is 12.1 Å². The van der Waals surface area contributed by atoms with Crippen molar-refractivity contribution in [3.8, 4) is 0 Å². The lowest BCUT2D eigenvalue weighted by molar-refractivity contribution is -0.137. The summed E-state index contributed by atoms with van der Waals surface area (Å²) in [5.41, 5.74) is 0.308. The van der Waals surface area contributed by atoms with Gasteiger partial charge in [-0.25, -0.2) is 0 Å². The van der Waals surface area contributed by atoms with Crippen LogP contribution in [-0.2, 0) is 15.8 Å². The summed E-state index contributed by atoms with van der Waals surface area (Å²) >= 11 is 11.0. The number of halogens is 5. The van der Waals surface area contributed by atoms with E-state index in [1.54, 1.807) is 25.1 Å². The molecule has 0 aliphatic heterocycles. The fraction of sp³-hybridized carbons (Fsp3) is 0.316. The first-order valence-electron chi connectivity index (χ1n) is 8.11. The van der Waals surface area contributed by atoms with Crippen LogP contribution in [0.2, 0.25) is 0 Å². The van der Waals surface area contributed by atoms with Crippen molar-refractivity contribution < 1.29 is 22.7 Å². The van der Waals surface area contributed by atoms with Crippen molar-refractivity contribution in [1.82, 2.24) is 0 Å². The number of alkyl halides is 3. The van der Waals surface area contributed by atoms with E-state index in [0.29, 0.717) is 17.0 Å². The second-order valence-electron chi connectivity index (χ2n) is 5.88. The first kappa shape index (κ1) is 21.4. The van der Waals surface area contributed by atoms with Gasteiger partial charge in [0.2, 0.25) is 0 Å². The molecule has 0 N–H and O–H groups in total. The third kappa shape index (κ3) is 6.63. The van der Waals surface area contributed by atoms with Gasteiger partial charge in [0.15, 0.2) is 0 Å². The number of hydrogen-bond acceptors (Lipinski definition) is 3. The lowest BCUT2D eigenvalue weighted by Gasteiger charge is -2.17. The van der Waals surface area contributed by atoms with Crippen LogP contribution >= 0.6 is 23.2 Å². The topological polar surface area (TPSA) is 30.8 Å². The van der Waals surface area contributed by atoms with Crippen LogP contribution in [-0.4, -0.2) is 12.3 Å². The van der Waals surface area contributed by atoms with Gasteiger partial charge >= 0.3 is 6.18 Å². The molecule has 1 aliphatic rings. The predicted octanol–water partition coefficient (Wildman–Crippen LogP) is 6.56. The van der Waals surface area contributed by atoms with E-state index in [1.807, 2.05) is 13.0 Å². The Hall–Kier alpha value is -1.92. The average molecular weight is 420 g/mol. The van der Waals surface area contributed by atoms with Crippen molar-refractivity contribution >= 4 is 28.9 Å². The summed E-state index contributed by atoms with van der Waals surface area (Å²) in [5.74, 6) is 0.548. The first-order valence-corrected chi connectivity index (χ1v) is 8.87. The molecule has 0 bridgehead atoms. The van der Waals surface area contributed by atoms with E-state index in [9.17, 15) is 13.2 Å². The monoisotopic (exact) mass is 419 g/mol. The van der Waals surface area contributed by atoms with Gasteiger partial charge < -0.3 is 9.57 Å². The lowest BCUT2D eigenvalue weighted by atomic mass is 10.00. The molecule has 1 aromatic rings. The standard InChI is InChI=1S/C19H18Cl2F3NO2/c1-12-10-16(26-9-8-18(20)21)6-7-17(12)25-27-13(2)14-4-3-5-15(11-14)19(22,23)24/h3-8,10-13H,9H2,1-2H3. The Morgan fingerprint density at radius 2 is 2.04 bits per heavy atom. The van der Waals surface area contributed by atoms with Gasteiger partial charge in [0.25, 0.3) is 0 Å². The van der Waals surface area contributed by atoms with Crippen molar-refractivity contribution in [2.75, 3.05) is 6.61 Å². The predicted molar refractivity (Wildman–Crippen MR) is 101 cm³/mol. The van der Waals surface area contributed by atoms with E-state index in [1.165, 1.54) is 12.1 Å². The van der Waals surface area contributed by atoms with Crippen molar-refractivity contribution in [2.45, 2.75) is 26.1 Å². The first-order chi connectivity index (χ1) is 12.7. The summed E-state index contributed by atoms with van der Waals surface area (Å²) in [5, 5.41) is 4.07. The van der Waals surface area contributed by atoms with E-state index >= 15 is 0 Å². The number of rotatable bonds is 6. The third-order valence-electron chi connectivity index (χ3n) is 3.79. The van der Waals surface area contributed by atoms with Gasteiger partial charge in [-0.1, -0.05) is 47.4 Å². The molecule has 1 aromatic carbocycles. The molecular formula is C19H18Cl2F3NO2. The summed E-state index contributed by atoms with van der Waals surface area (Å²) in [6, 6.07) is 5.00. The Balaban J connectivity index is 1.99. The molecule has 3 nitrogen and oxygen atoms in total. The van der Waals surface area contributed by atoms with Crippen LogP contribution in [0.3, 0.4) is 0 Å². The molecule has 146 valence electrons. The number of hydrogen-bond donors (Lipinski definition) is 0. The van der Waals surface area contributed by atoms with Gasteiger partial charge in [-0.2, -0.15) is 13.2 Å². The molecule has 2 rings (SSSR count). The molecule has 0 saturated carbocycles. The van der Waals surface area contributed by atoms with E-state index in [-0.39, 0.29) is 17.0 Å². The van der Waals surface area contributed by atoms with Crippen LogP contribution < -0.4 is 0 Å². The maximum Gasteiger partial charge on any atom is 0.416 e. The highest BCUT2D eigenvalue weighted by Gasteiger charge is 2.30. The summed E-state index contributed by atoms with van der Waals surface area (Å²) in [6.07, 6.45) is 1.78. The summed E-state index contributed by atoms with van der Waals surface area (Å²) in [4.78, 5) is 5.41. The highest BCUT2D eigenvalue weighted by atomic mass is 35.5. The molecule has 0 radical (unpaired) electrons. The number of ether oxygens (including phenoxy) is 1. The average Bonchev–Trinajstić information content (AvgIpc) is 2.60. The fourth-order valence-corrected chi connectivity index (χ4v) is 2.41. The van der Waals surface area contributed by atoms with Crippen LogP contribution in [0.15, 0.2) is 64.0 Å². The number of benzene rings is 1. The highest BCUT2D eigenvalue weighted by Crippen LogP contribution is 2.31. The molecule has 0 amide bonds. The zero-order chi connectivity index (χ0) is 20.0. The molecule has 8 heteroatoms. The van der Waals surface area contributed by atoms with E-state index < -0.39 is 17.8 Å². The van der Waals surface area contributed by atoms with Crippen molar-refractivity contribution in [2.24, 2.45) is 11.1 Å². The van der Waals surface area contributed by atoms with Crippen molar-refractivity contribution in [3.05, 3.63) is 69.9 Å². The maximum absolute atomic E-state index is 12.8. The van der Waals surface area contributed by atoms with Gasteiger partial charge in [0.05, 0.1) is 11.3 Å². The Labute approximate surface area is 165 Å². The summed E-state index contributed by atoms with van der Waals surface area (Å²) in [7, 11) is 0. The highest BCUT2D eigenvalue weighted by molar-refractivity contribution is 6.55. The van der Waals surface area contributed by atoms with Gasteiger partial charge in [-0.15, -0.1) is 0 Å². The molecule has 0 fully saturated rings. The zero-order valence-electron chi connectivity index (χ0n) is 14.6. The number of oxime groups is 1. The van der Waals surface area contributed by atoms with Gasteiger partial charge in [-0.05, 0) is 48.9 Å². The minimum atomic E-state index is -4.40. The number of allylic oxidation sites excluding steroid dienone is 3. The Morgan fingerprint density at radius 1 is 1.30 bits per heavy atom. The van der Waals surface area contributed by atoms with Gasteiger partial charge in [0.1, 0.15) is 23.0 Å². The fourth-order valence-electron chi connectivity index (χ4n) is 2.29. The second-order valence-corrected chi connectivity index (χ2v) is 6.89. The molecule has 27 heavy (non-hydrogen) atoms. The Morgan fingerprint density at radius 3 is 2.67 bits per heavy atom. The molecule has 2 unspecified atom stereocenters. The molecule has 1 aliphatic carbocycles. The smallest absolute Gasteiger partial charge is 0.416 e. The lowest BCUT2D eigenvalue weighted by Crippen LogP contribution is -2.12. The van der Waals surface area contributed by atoms with Gasteiger partial charge in [0, 0.05) is 5.92 Å². The zero-order valence-corrected chi connectivity index (χ0v) is 16.1. The Bertz CT molecular complexity index is 781. The minimum Gasteiger partial charge on any atom is -0.490 e. The molecule has 2 atom stereocenters. The molecule has 0 heterocycles. The van der Waals surface area contributed by atoms with Crippen LogP contribution in [0.4, 0.5) is 13.2 Å². The largest absolute Gasteiger partial charge is 0.490 e. The molecule has 0 saturated heterocycles. The Kier molecular flexibility index (Phi) is 7.39. The van der Waals surface area contributed by atoms with Crippen LogP contribution in [0.25, 0.3) is 0 Å². The van der Waals surface area contributed by atoms with E-state index in [4.69, 9.17) is 32.8 Å². The second kappa shape index (κ2) is 9.33. The molecule has 0 spiro atoms. The van der Waals surface area contributed by atoms with E-state index in [2.05, 4.69) is 5.16 Å². The normalized spacial score (nSPS) is 19.4. The maximum atomic E-state index is 12.8. The van der Waals surface area contributed by atoms with Crippen LogP contribution in [0.1, 0.15) is 31.1 Å². The van der Waals surface area contributed by atoms with Crippen LogP contribution in [0.5, 0.6) is 0 Å². The summed E-state index contributed by atoms with van der Waals surface area (Å²) < 4.78 is 44.1. The van der Waals surface area contributed by atoms with Crippen LogP contribution in [0, 0.1) is 5.92 Å². The SMILES string of the molecule is CC1C=C(OCC=C(Cl)Cl)C=CC1=NOC(C)c1cccc(C(F)(F)F)c1. The minimum absolute atomic E-state index is 0.0887. The van der Waals surface area contributed by atoms with Crippen molar-refractivity contribution in [3.63, 3.8) is 0 Å². The third-order valence-corrected chi connectivity index (χ3v) is 4.09. The molecular weight excluding hydrogens is 402 g/mol. The summed E-state index contributed by atoms with van der Waals surface area (Å²) in [6.45, 7) is 3.78. The molecule has 0 aromatic heterocycles. The number of nitrogens with zero attached hydrogens (tertiary/aromatic N) is 1. The van der Waals surface area contributed by atoms with Gasteiger partial charge in [-0.3, -0.25) is 0 Å². The quantitative estimate of drug-likeness (QED) is 0.488.